The normalized spacial score (nSPS) is 21.5. The van der Waals surface area contributed by atoms with Crippen molar-refractivity contribution in [1.29, 1.82) is 0 Å². The second-order valence-corrected chi connectivity index (χ2v) is 7.16. The molecule has 2 fully saturated rings. The summed E-state index contributed by atoms with van der Waals surface area (Å²) < 4.78 is 6.32. The molecule has 142 valence electrons. The molecule has 0 aliphatic carbocycles. The molecular formula is C20H28N2O4. The Morgan fingerprint density at radius 1 is 1.12 bits per heavy atom. The van der Waals surface area contributed by atoms with Gasteiger partial charge in [0.15, 0.2) is 0 Å². The summed E-state index contributed by atoms with van der Waals surface area (Å²) in [6.45, 7) is 4.50. The van der Waals surface area contributed by atoms with Crippen molar-refractivity contribution in [1.82, 2.24) is 9.80 Å². The lowest BCUT2D eigenvalue weighted by atomic mass is 9.89. The number of para-hydroxylation sites is 1. The third-order valence-electron chi connectivity index (χ3n) is 5.45. The van der Waals surface area contributed by atoms with E-state index < -0.39 is 6.09 Å². The van der Waals surface area contributed by atoms with Crippen molar-refractivity contribution < 1.29 is 19.4 Å². The highest BCUT2D eigenvalue weighted by Crippen LogP contribution is 2.35. The van der Waals surface area contributed by atoms with Crippen LogP contribution in [0, 0.1) is 0 Å². The van der Waals surface area contributed by atoms with Gasteiger partial charge in [-0.15, -0.1) is 0 Å². The lowest BCUT2D eigenvalue weighted by Gasteiger charge is -2.34. The van der Waals surface area contributed by atoms with E-state index >= 15 is 0 Å². The van der Waals surface area contributed by atoms with Crippen molar-refractivity contribution in [3.63, 3.8) is 0 Å². The molecular weight excluding hydrogens is 332 g/mol. The van der Waals surface area contributed by atoms with Crippen LogP contribution in [0.3, 0.4) is 0 Å². The first-order chi connectivity index (χ1) is 12.6. The highest BCUT2D eigenvalue weighted by molar-refractivity contribution is 5.75. The number of piperidine rings is 2. The maximum absolute atomic E-state index is 12.0. The molecule has 0 spiro atoms. The zero-order valence-electron chi connectivity index (χ0n) is 15.4. The number of benzene rings is 1. The Bertz CT molecular complexity index is 640. The van der Waals surface area contributed by atoms with E-state index in [0.717, 1.165) is 43.5 Å². The summed E-state index contributed by atoms with van der Waals surface area (Å²) in [7, 11) is 0. The SMILES string of the molecule is CCC(=O)N1CCCC(Oc2ccccc2C2CCN(C(=O)O)CC2)C1. The molecule has 0 saturated carbocycles. The third-order valence-corrected chi connectivity index (χ3v) is 5.45. The summed E-state index contributed by atoms with van der Waals surface area (Å²) in [6, 6.07) is 8.08. The number of carbonyl (C=O) groups excluding carboxylic acids is 1. The molecule has 2 heterocycles. The predicted octanol–water partition coefficient (Wildman–Crippen LogP) is 3.32. The first kappa shape index (κ1) is 18.5. The Kier molecular flexibility index (Phi) is 6.01. The summed E-state index contributed by atoms with van der Waals surface area (Å²) in [5, 5.41) is 9.13. The van der Waals surface area contributed by atoms with Crippen molar-refractivity contribution in [2.75, 3.05) is 26.2 Å². The molecule has 6 heteroatoms. The molecule has 1 aromatic carbocycles. The summed E-state index contributed by atoms with van der Waals surface area (Å²) in [6.07, 6.45) is 3.28. The summed E-state index contributed by atoms with van der Waals surface area (Å²) in [4.78, 5) is 26.5. The van der Waals surface area contributed by atoms with Gasteiger partial charge in [-0.05, 0) is 43.2 Å². The van der Waals surface area contributed by atoms with Crippen molar-refractivity contribution in [3.8, 4) is 5.75 Å². The van der Waals surface area contributed by atoms with Crippen molar-refractivity contribution >= 4 is 12.0 Å². The number of likely N-dealkylation sites (tertiary alicyclic amines) is 2. The standard InChI is InChI=1S/C20H28N2O4/c1-2-19(23)22-11-5-6-16(14-22)26-18-8-4-3-7-17(18)15-9-12-21(13-10-15)20(24)25/h3-4,7-8,15-16H,2,5-6,9-14H2,1H3,(H,24,25). The molecule has 26 heavy (non-hydrogen) atoms. The zero-order valence-corrected chi connectivity index (χ0v) is 15.4. The smallest absolute Gasteiger partial charge is 0.407 e. The van der Waals surface area contributed by atoms with Gasteiger partial charge in [-0.1, -0.05) is 25.1 Å². The first-order valence-corrected chi connectivity index (χ1v) is 9.59. The van der Waals surface area contributed by atoms with Gasteiger partial charge in [0.1, 0.15) is 11.9 Å². The number of hydrogen-bond donors (Lipinski definition) is 1. The number of amides is 2. The number of carboxylic acid groups (broad SMARTS) is 1. The van der Waals surface area contributed by atoms with Crippen LogP contribution < -0.4 is 4.74 Å². The highest BCUT2D eigenvalue weighted by Gasteiger charge is 2.28. The topological polar surface area (TPSA) is 70.1 Å². The van der Waals surface area contributed by atoms with Gasteiger partial charge in [0.25, 0.3) is 0 Å². The molecule has 1 atom stereocenters. The molecule has 1 unspecified atom stereocenters. The minimum atomic E-state index is -0.837. The monoisotopic (exact) mass is 360 g/mol. The van der Waals surface area contributed by atoms with Crippen molar-refractivity contribution in [2.45, 2.75) is 51.0 Å². The fourth-order valence-corrected chi connectivity index (χ4v) is 3.97. The van der Waals surface area contributed by atoms with Crippen LogP contribution in [0.1, 0.15) is 50.5 Å². The second-order valence-electron chi connectivity index (χ2n) is 7.16. The summed E-state index contributed by atoms with van der Waals surface area (Å²) >= 11 is 0. The number of carbonyl (C=O) groups is 2. The Morgan fingerprint density at radius 2 is 1.85 bits per heavy atom. The average molecular weight is 360 g/mol. The fourth-order valence-electron chi connectivity index (χ4n) is 3.97. The minimum Gasteiger partial charge on any atom is -0.488 e. The van der Waals surface area contributed by atoms with Gasteiger partial charge in [-0.25, -0.2) is 4.79 Å². The first-order valence-electron chi connectivity index (χ1n) is 9.59. The molecule has 2 saturated heterocycles. The molecule has 1 N–H and O–H groups in total. The second kappa shape index (κ2) is 8.43. The number of nitrogens with zero attached hydrogens (tertiary/aromatic N) is 2. The Labute approximate surface area is 154 Å². The Morgan fingerprint density at radius 3 is 2.54 bits per heavy atom. The molecule has 0 aromatic heterocycles. The van der Waals surface area contributed by atoms with Crippen LogP contribution in [0.25, 0.3) is 0 Å². The molecule has 2 amide bonds. The molecule has 0 radical (unpaired) electrons. The van der Waals surface area contributed by atoms with Gasteiger partial charge in [0.05, 0.1) is 6.54 Å². The molecule has 2 aliphatic heterocycles. The van der Waals surface area contributed by atoms with Crippen LogP contribution in [0.4, 0.5) is 4.79 Å². The van der Waals surface area contributed by atoms with E-state index in [1.807, 2.05) is 30.0 Å². The van der Waals surface area contributed by atoms with Crippen LogP contribution >= 0.6 is 0 Å². The van der Waals surface area contributed by atoms with Gasteiger partial charge in [0.2, 0.25) is 5.91 Å². The summed E-state index contributed by atoms with van der Waals surface area (Å²) in [5.74, 6) is 1.39. The van der Waals surface area contributed by atoms with E-state index in [1.54, 1.807) is 0 Å². The lowest BCUT2D eigenvalue weighted by molar-refractivity contribution is -0.133. The van der Waals surface area contributed by atoms with E-state index in [0.29, 0.717) is 32.0 Å². The third kappa shape index (κ3) is 4.29. The molecule has 0 bridgehead atoms. The van der Waals surface area contributed by atoms with Crippen LogP contribution in [0.2, 0.25) is 0 Å². The maximum atomic E-state index is 12.0. The predicted molar refractivity (Wildman–Crippen MR) is 98.5 cm³/mol. The largest absolute Gasteiger partial charge is 0.488 e. The lowest BCUT2D eigenvalue weighted by Crippen LogP contribution is -2.44. The number of ether oxygens (including phenoxy) is 1. The minimum absolute atomic E-state index is 0.0273. The van der Waals surface area contributed by atoms with Gasteiger partial charge >= 0.3 is 6.09 Å². The van der Waals surface area contributed by atoms with E-state index in [4.69, 9.17) is 9.84 Å². The Hall–Kier alpha value is -2.24. The van der Waals surface area contributed by atoms with Crippen LogP contribution in [0.5, 0.6) is 5.75 Å². The van der Waals surface area contributed by atoms with Gasteiger partial charge in [0, 0.05) is 26.1 Å². The highest BCUT2D eigenvalue weighted by atomic mass is 16.5. The van der Waals surface area contributed by atoms with E-state index in [9.17, 15) is 9.59 Å². The Balaban J connectivity index is 1.66. The van der Waals surface area contributed by atoms with Crippen LogP contribution in [0.15, 0.2) is 24.3 Å². The molecule has 2 aliphatic rings. The van der Waals surface area contributed by atoms with Crippen LogP contribution in [-0.4, -0.2) is 59.2 Å². The fraction of sp³-hybridized carbons (Fsp3) is 0.600. The van der Waals surface area contributed by atoms with E-state index in [-0.39, 0.29) is 12.0 Å². The van der Waals surface area contributed by atoms with Gasteiger partial charge in [-0.3, -0.25) is 4.79 Å². The molecule has 1 aromatic rings. The van der Waals surface area contributed by atoms with Crippen molar-refractivity contribution in [2.24, 2.45) is 0 Å². The van der Waals surface area contributed by atoms with Gasteiger partial charge in [-0.2, -0.15) is 0 Å². The quantitative estimate of drug-likeness (QED) is 0.894. The van der Waals surface area contributed by atoms with E-state index in [2.05, 4.69) is 6.07 Å². The number of hydrogen-bond acceptors (Lipinski definition) is 3. The van der Waals surface area contributed by atoms with Crippen LogP contribution in [-0.2, 0) is 4.79 Å². The van der Waals surface area contributed by atoms with Gasteiger partial charge < -0.3 is 19.6 Å². The maximum Gasteiger partial charge on any atom is 0.407 e. The summed E-state index contributed by atoms with van der Waals surface area (Å²) in [5.41, 5.74) is 1.16. The molecule has 3 rings (SSSR count). The average Bonchev–Trinajstić information content (AvgIpc) is 2.68. The van der Waals surface area contributed by atoms with Crippen molar-refractivity contribution in [3.05, 3.63) is 29.8 Å². The zero-order chi connectivity index (χ0) is 18.5. The van der Waals surface area contributed by atoms with E-state index in [1.165, 1.54) is 4.90 Å². The number of rotatable bonds is 4. The molecule has 6 nitrogen and oxygen atoms in total.